The zero-order valence-electron chi connectivity index (χ0n) is 12.5. The minimum atomic E-state index is -0.199. The molecule has 2 aromatic carbocycles. The number of anilines is 1. The SMILES string of the molecule is Cc1nnsc1C(=O)Nc1ccc(OCc2ccccc2)cc1. The Morgan fingerprint density at radius 3 is 2.52 bits per heavy atom. The first-order valence-electron chi connectivity index (χ1n) is 7.09. The van der Waals surface area contributed by atoms with E-state index in [0.29, 0.717) is 22.9 Å². The molecule has 0 aliphatic rings. The molecule has 0 aliphatic heterocycles. The Morgan fingerprint density at radius 1 is 1.13 bits per heavy atom. The molecule has 0 spiro atoms. The van der Waals surface area contributed by atoms with E-state index in [1.165, 1.54) is 0 Å². The van der Waals surface area contributed by atoms with Gasteiger partial charge >= 0.3 is 0 Å². The van der Waals surface area contributed by atoms with Crippen LogP contribution in [0.2, 0.25) is 0 Å². The molecule has 1 heterocycles. The average molecular weight is 325 g/mol. The predicted octanol–water partition coefficient (Wildman–Crippen LogP) is 3.68. The number of aryl methyl sites for hydroxylation is 1. The van der Waals surface area contributed by atoms with Crippen LogP contribution in [0.5, 0.6) is 5.75 Å². The Labute approximate surface area is 138 Å². The molecule has 3 aromatic rings. The summed E-state index contributed by atoms with van der Waals surface area (Å²) in [6, 6.07) is 17.2. The lowest BCUT2D eigenvalue weighted by Gasteiger charge is -2.08. The molecular weight excluding hydrogens is 310 g/mol. The van der Waals surface area contributed by atoms with Gasteiger partial charge in [0.2, 0.25) is 0 Å². The first kappa shape index (κ1) is 15.2. The van der Waals surface area contributed by atoms with Gasteiger partial charge in [0.15, 0.2) is 0 Å². The van der Waals surface area contributed by atoms with E-state index in [1.54, 1.807) is 6.92 Å². The molecule has 0 saturated heterocycles. The van der Waals surface area contributed by atoms with Gasteiger partial charge in [-0.15, -0.1) is 5.10 Å². The first-order chi connectivity index (χ1) is 11.2. The monoisotopic (exact) mass is 325 g/mol. The Hall–Kier alpha value is -2.73. The average Bonchev–Trinajstić information content (AvgIpc) is 3.01. The van der Waals surface area contributed by atoms with Crippen molar-refractivity contribution in [1.29, 1.82) is 0 Å². The van der Waals surface area contributed by atoms with Gasteiger partial charge in [0.25, 0.3) is 5.91 Å². The highest BCUT2D eigenvalue weighted by Gasteiger charge is 2.13. The van der Waals surface area contributed by atoms with E-state index in [-0.39, 0.29) is 5.91 Å². The first-order valence-corrected chi connectivity index (χ1v) is 7.87. The van der Waals surface area contributed by atoms with Crippen LogP contribution in [0.1, 0.15) is 20.9 Å². The second-order valence-corrected chi connectivity index (χ2v) is 5.69. The molecule has 0 bridgehead atoms. The molecule has 3 rings (SSSR count). The molecule has 0 radical (unpaired) electrons. The summed E-state index contributed by atoms with van der Waals surface area (Å²) in [6.45, 7) is 2.28. The van der Waals surface area contributed by atoms with Crippen LogP contribution >= 0.6 is 11.5 Å². The molecular formula is C17H15N3O2S. The fourth-order valence-corrected chi connectivity index (χ4v) is 2.55. The Kier molecular flexibility index (Phi) is 4.63. The van der Waals surface area contributed by atoms with E-state index in [0.717, 1.165) is 22.8 Å². The summed E-state index contributed by atoms with van der Waals surface area (Å²) < 4.78 is 9.48. The van der Waals surface area contributed by atoms with Crippen LogP contribution in [0.3, 0.4) is 0 Å². The van der Waals surface area contributed by atoms with Crippen LogP contribution in [0.15, 0.2) is 54.6 Å². The summed E-state index contributed by atoms with van der Waals surface area (Å²) in [5.41, 5.74) is 2.45. The number of aromatic nitrogens is 2. The maximum absolute atomic E-state index is 12.1. The van der Waals surface area contributed by atoms with Gasteiger partial charge in [-0.05, 0) is 48.3 Å². The van der Waals surface area contributed by atoms with Crippen LogP contribution in [0, 0.1) is 6.92 Å². The third-order valence-electron chi connectivity index (χ3n) is 3.22. The molecule has 23 heavy (non-hydrogen) atoms. The number of ether oxygens (including phenoxy) is 1. The van der Waals surface area contributed by atoms with Crippen molar-refractivity contribution in [3.8, 4) is 5.75 Å². The highest BCUT2D eigenvalue weighted by Crippen LogP contribution is 2.19. The van der Waals surface area contributed by atoms with Gasteiger partial charge in [-0.25, -0.2) is 0 Å². The van der Waals surface area contributed by atoms with Crippen molar-refractivity contribution >= 4 is 23.1 Å². The summed E-state index contributed by atoms with van der Waals surface area (Å²) in [6.07, 6.45) is 0. The number of hydrogen-bond acceptors (Lipinski definition) is 5. The highest BCUT2D eigenvalue weighted by molar-refractivity contribution is 7.08. The van der Waals surface area contributed by atoms with Gasteiger partial charge in [0.05, 0.1) is 5.69 Å². The summed E-state index contributed by atoms with van der Waals surface area (Å²) in [4.78, 5) is 12.6. The van der Waals surface area contributed by atoms with Gasteiger partial charge in [0, 0.05) is 5.69 Å². The van der Waals surface area contributed by atoms with Crippen LogP contribution in [0.4, 0.5) is 5.69 Å². The van der Waals surface area contributed by atoms with E-state index in [9.17, 15) is 4.79 Å². The van der Waals surface area contributed by atoms with Gasteiger partial charge in [-0.1, -0.05) is 34.8 Å². The molecule has 0 aliphatic carbocycles. The van der Waals surface area contributed by atoms with E-state index in [4.69, 9.17) is 4.74 Å². The van der Waals surface area contributed by atoms with Crippen molar-refractivity contribution in [2.24, 2.45) is 0 Å². The van der Waals surface area contributed by atoms with Crippen molar-refractivity contribution in [3.63, 3.8) is 0 Å². The molecule has 0 atom stereocenters. The molecule has 1 amide bonds. The second-order valence-electron chi connectivity index (χ2n) is 4.94. The molecule has 6 heteroatoms. The van der Waals surface area contributed by atoms with Crippen molar-refractivity contribution in [2.75, 3.05) is 5.32 Å². The molecule has 0 fully saturated rings. The largest absolute Gasteiger partial charge is 0.489 e. The lowest BCUT2D eigenvalue weighted by molar-refractivity contribution is 0.103. The number of benzene rings is 2. The molecule has 1 aromatic heterocycles. The standard InChI is InChI=1S/C17H15N3O2S/c1-12-16(23-20-19-12)17(21)18-14-7-9-15(10-8-14)22-11-13-5-3-2-4-6-13/h2-10H,11H2,1H3,(H,18,21). The molecule has 0 unspecified atom stereocenters. The normalized spacial score (nSPS) is 10.3. The Balaban J connectivity index is 1.59. The van der Waals surface area contributed by atoms with Crippen molar-refractivity contribution in [3.05, 3.63) is 70.7 Å². The smallest absolute Gasteiger partial charge is 0.269 e. The summed E-state index contributed by atoms with van der Waals surface area (Å²) >= 11 is 1.09. The zero-order valence-corrected chi connectivity index (χ0v) is 13.3. The summed E-state index contributed by atoms with van der Waals surface area (Å²) in [5.74, 6) is 0.554. The second kappa shape index (κ2) is 7.02. The molecule has 116 valence electrons. The van der Waals surface area contributed by atoms with Crippen molar-refractivity contribution < 1.29 is 9.53 Å². The highest BCUT2D eigenvalue weighted by atomic mass is 32.1. The Bertz CT molecular complexity index is 785. The van der Waals surface area contributed by atoms with Crippen molar-refractivity contribution in [2.45, 2.75) is 13.5 Å². The van der Waals surface area contributed by atoms with Crippen LogP contribution in [-0.4, -0.2) is 15.5 Å². The van der Waals surface area contributed by atoms with Gasteiger partial charge in [-0.3, -0.25) is 4.79 Å². The van der Waals surface area contributed by atoms with E-state index >= 15 is 0 Å². The van der Waals surface area contributed by atoms with E-state index in [1.807, 2.05) is 54.6 Å². The molecule has 0 saturated carbocycles. The number of rotatable bonds is 5. The quantitative estimate of drug-likeness (QED) is 0.777. The fourth-order valence-electron chi connectivity index (χ4n) is 2.00. The maximum atomic E-state index is 12.1. The lowest BCUT2D eigenvalue weighted by Crippen LogP contribution is -2.11. The van der Waals surface area contributed by atoms with Gasteiger partial charge < -0.3 is 10.1 Å². The van der Waals surface area contributed by atoms with Gasteiger partial charge in [0.1, 0.15) is 17.2 Å². The van der Waals surface area contributed by atoms with Crippen LogP contribution in [-0.2, 0) is 6.61 Å². The fraction of sp³-hybridized carbons (Fsp3) is 0.118. The minimum absolute atomic E-state index is 0.199. The molecule has 1 N–H and O–H groups in total. The summed E-state index contributed by atoms with van der Waals surface area (Å²) in [7, 11) is 0. The summed E-state index contributed by atoms with van der Waals surface area (Å²) in [5, 5.41) is 6.66. The van der Waals surface area contributed by atoms with Crippen LogP contribution in [0.25, 0.3) is 0 Å². The van der Waals surface area contributed by atoms with E-state index < -0.39 is 0 Å². The van der Waals surface area contributed by atoms with E-state index in [2.05, 4.69) is 14.9 Å². The lowest BCUT2D eigenvalue weighted by atomic mass is 10.2. The topological polar surface area (TPSA) is 64.1 Å². The number of carbonyl (C=O) groups is 1. The predicted molar refractivity (Wildman–Crippen MR) is 89.8 cm³/mol. The number of carbonyl (C=O) groups excluding carboxylic acids is 1. The Morgan fingerprint density at radius 2 is 1.87 bits per heavy atom. The number of nitrogens with zero attached hydrogens (tertiary/aromatic N) is 2. The third kappa shape index (κ3) is 3.92. The third-order valence-corrected chi connectivity index (χ3v) is 4.04. The number of nitrogens with one attached hydrogen (secondary N) is 1. The zero-order chi connectivity index (χ0) is 16.1. The van der Waals surface area contributed by atoms with Crippen LogP contribution < -0.4 is 10.1 Å². The maximum Gasteiger partial charge on any atom is 0.269 e. The minimum Gasteiger partial charge on any atom is -0.489 e. The molecule has 5 nitrogen and oxygen atoms in total. The van der Waals surface area contributed by atoms with Crippen molar-refractivity contribution in [1.82, 2.24) is 9.59 Å². The number of hydrogen-bond donors (Lipinski definition) is 1. The van der Waals surface area contributed by atoms with Gasteiger partial charge in [-0.2, -0.15) is 0 Å². The number of amides is 1.